The van der Waals surface area contributed by atoms with E-state index in [1.165, 1.54) is 6.26 Å². The Morgan fingerprint density at radius 1 is 1.39 bits per heavy atom. The maximum absolute atomic E-state index is 12.5. The molecule has 1 amide bonds. The molecule has 5 nitrogen and oxygen atoms in total. The second-order valence-corrected chi connectivity index (χ2v) is 7.75. The van der Waals surface area contributed by atoms with Gasteiger partial charge in [-0.1, -0.05) is 19.8 Å². The van der Waals surface area contributed by atoms with Crippen LogP contribution in [0.3, 0.4) is 0 Å². The molecule has 1 saturated heterocycles. The van der Waals surface area contributed by atoms with Gasteiger partial charge in [0.25, 0.3) is 0 Å². The third-order valence-electron chi connectivity index (χ3n) is 4.04. The van der Waals surface area contributed by atoms with E-state index in [1.54, 1.807) is 4.90 Å². The van der Waals surface area contributed by atoms with Crippen LogP contribution < -0.4 is 5.32 Å². The Bertz CT molecular complexity index is 427. The number of carbonyl (C=O) groups excluding carboxylic acids is 1. The molecule has 0 bridgehead atoms. The van der Waals surface area contributed by atoms with Gasteiger partial charge < -0.3 is 4.90 Å². The minimum atomic E-state index is -3.02. The summed E-state index contributed by atoms with van der Waals surface area (Å²) in [5.74, 6) is 0.156. The van der Waals surface area contributed by atoms with E-state index in [1.807, 2.05) is 6.92 Å². The molecule has 2 fully saturated rings. The van der Waals surface area contributed by atoms with E-state index in [-0.39, 0.29) is 17.8 Å². The highest BCUT2D eigenvalue weighted by atomic mass is 32.2. The van der Waals surface area contributed by atoms with Crippen LogP contribution in [0.4, 0.5) is 0 Å². The van der Waals surface area contributed by atoms with E-state index in [0.29, 0.717) is 6.54 Å². The third kappa shape index (κ3) is 2.54. The van der Waals surface area contributed by atoms with Crippen LogP contribution in [0.5, 0.6) is 0 Å². The highest BCUT2D eigenvalue weighted by Gasteiger charge is 2.51. The predicted octanol–water partition coefficient (Wildman–Crippen LogP) is 0.512. The normalized spacial score (nSPS) is 27.3. The van der Waals surface area contributed by atoms with E-state index in [2.05, 4.69) is 5.32 Å². The topological polar surface area (TPSA) is 66.5 Å². The fourth-order valence-electron chi connectivity index (χ4n) is 3.06. The summed E-state index contributed by atoms with van der Waals surface area (Å²) in [6, 6.07) is 0. The third-order valence-corrected chi connectivity index (χ3v) is 4.96. The Hall–Kier alpha value is -0.620. The quantitative estimate of drug-likeness (QED) is 0.811. The lowest BCUT2D eigenvalue weighted by atomic mass is 9.98. The number of carbonyl (C=O) groups is 1. The van der Waals surface area contributed by atoms with Gasteiger partial charge in [0, 0.05) is 12.8 Å². The molecule has 1 heterocycles. The molecule has 1 spiro atoms. The summed E-state index contributed by atoms with van der Waals surface area (Å²) >= 11 is 0. The molecule has 0 aromatic heterocycles. The van der Waals surface area contributed by atoms with Gasteiger partial charge in [-0.3, -0.25) is 10.1 Å². The standard InChI is InChI=1S/C12H22N2O3S/c1-3-10-13-12(6-4-5-7-12)11(15)14(10)8-9-18(2,16)17/h10,13H,3-9H2,1-2H3. The van der Waals surface area contributed by atoms with Gasteiger partial charge in [-0.2, -0.15) is 0 Å². The van der Waals surface area contributed by atoms with Crippen LogP contribution in [-0.4, -0.2) is 49.5 Å². The highest BCUT2D eigenvalue weighted by molar-refractivity contribution is 7.90. The van der Waals surface area contributed by atoms with Crippen molar-refractivity contribution in [2.45, 2.75) is 50.7 Å². The van der Waals surface area contributed by atoms with Gasteiger partial charge in [-0.15, -0.1) is 0 Å². The van der Waals surface area contributed by atoms with Crippen LogP contribution in [0, 0.1) is 0 Å². The smallest absolute Gasteiger partial charge is 0.244 e. The van der Waals surface area contributed by atoms with Crippen molar-refractivity contribution in [3.63, 3.8) is 0 Å². The van der Waals surface area contributed by atoms with Gasteiger partial charge >= 0.3 is 0 Å². The first-order valence-corrected chi connectivity index (χ1v) is 8.70. The fraction of sp³-hybridized carbons (Fsp3) is 0.917. The van der Waals surface area contributed by atoms with Crippen molar-refractivity contribution < 1.29 is 13.2 Å². The Morgan fingerprint density at radius 3 is 2.50 bits per heavy atom. The summed E-state index contributed by atoms with van der Waals surface area (Å²) in [6.07, 6.45) is 5.96. The molecule has 18 heavy (non-hydrogen) atoms. The molecule has 1 aliphatic carbocycles. The lowest BCUT2D eigenvalue weighted by Gasteiger charge is -2.22. The molecule has 104 valence electrons. The Labute approximate surface area is 109 Å². The predicted molar refractivity (Wildman–Crippen MR) is 69.8 cm³/mol. The number of sulfone groups is 1. The molecule has 1 aliphatic heterocycles. The summed E-state index contributed by atoms with van der Waals surface area (Å²) in [5, 5.41) is 3.43. The summed E-state index contributed by atoms with van der Waals surface area (Å²) in [6.45, 7) is 2.33. The van der Waals surface area contributed by atoms with Crippen molar-refractivity contribution in [2.24, 2.45) is 0 Å². The molecule has 0 aromatic carbocycles. The fourth-order valence-corrected chi connectivity index (χ4v) is 3.58. The summed E-state index contributed by atoms with van der Waals surface area (Å²) in [5.41, 5.74) is -0.391. The average Bonchev–Trinajstić information content (AvgIpc) is 2.84. The number of nitrogens with zero attached hydrogens (tertiary/aromatic N) is 1. The van der Waals surface area contributed by atoms with Crippen LogP contribution in [0.25, 0.3) is 0 Å². The maximum Gasteiger partial charge on any atom is 0.244 e. The molecule has 1 unspecified atom stereocenters. The average molecular weight is 274 g/mol. The second kappa shape index (κ2) is 4.81. The molecule has 2 rings (SSSR count). The zero-order chi connectivity index (χ0) is 13.4. The second-order valence-electron chi connectivity index (χ2n) is 5.49. The molecule has 2 aliphatic rings. The van der Waals surface area contributed by atoms with E-state index in [4.69, 9.17) is 0 Å². The highest BCUT2D eigenvalue weighted by Crippen LogP contribution is 2.36. The van der Waals surface area contributed by atoms with Gasteiger partial charge in [-0.05, 0) is 19.3 Å². The Kier molecular flexibility index (Phi) is 3.69. The van der Waals surface area contributed by atoms with Gasteiger partial charge in [0.05, 0.1) is 17.5 Å². The van der Waals surface area contributed by atoms with Crippen molar-refractivity contribution in [1.29, 1.82) is 0 Å². The van der Waals surface area contributed by atoms with Crippen molar-refractivity contribution in [3.05, 3.63) is 0 Å². The van der Waals surface area contributed by atoms with E-state index >= 15 is 0 Å². The van der Waals surface area contributed by atoms with E-state index in [9.17, 15) is 13.2 Å². The first-order valence-electron chi connectivity index (χ1n) is 6.64. The van der Waals surface area contributed by atoms with Crippen LogP contribution in [0.1, 0.15) is 39.0 Å². The lowest BCUT2D eigenvalue weighted by Crippen LogP contribution is -2.44. The van der Waals surface area contributed by atoms with E-state index < -0.39 is 15.4 Å². The molecule has 1 N–H and O–H groups in total. The minimum Gasteiger partial charge on any atom is -0.325 e. The molecule has 1 saturated carbocycles. The van der Waals surface area contributed by atoms with Crippen molar-refractivity contribution >= 4 is 15.7 Å². The van der Waals surface area contributed by atoms with Crippen LogP contribution in [0.2, 0.25) is 0 Å². The van der Waals surface area contributed by atoms with Gasteiger partial charge in [0.15, 0.2) is 0 Å². The number of hydrogen-bond donors (Lipinski definition) is 1. The molecular formula is C12H22N2O3S. The zero-order valence-electron chi connectivity index (χ0n) is 11.1. The molecule has 0 aromatic rings. The maximum atomic E-state index is 12.5. The van der Waals surface area contributed by atoms with Crippen molar-refractivity contribution in [2.75, 3.05) is 18.6 Å². The SMILES string of the molecule is CCC1NC2(CCCC2)C(=O)N1CCS(C)(=O)=O. The first kappa shape index (κ1) is 13.8. The largest absolute Gasteiger partial charge is 0.325 e. The molecule has 6 heteroatoms. The van der Waals surface area contributed by atoms with Crippen LogP contribution in [0.15, 0.2) is 0 Å². The summed E-state index contributed by atoms with van der Waals surface area (Å²) in [4.78, 5) is 14.2. The summed E-state index contributed by atoms with van der Waals surface area (Å²) in [7, 11) is -3.02. The van der Waals surface area contributed by atoms with E-state index in [0.717, 1.165) is 32.1 Å². The molecular weight excluding hydrogens is 252 g/mol. The van der Waals surface area contributed by atoms with Crippen LogP contribution in [-0.2, 0) is 14.6 Å². The van der Waals surface area contributed by atoms with Crippen molar-refractivity contribution in [3.8, 4) is 0 Å². The molecule has 0 radical (unpaired) electrons. The van der Waals surface area contributed by atoms with Crippen molar-refractivity contribution in [1.82, 2.24) is 10.2 Å². The monoisotopic (exact) mass is 274 g/mol. The van der Waals surface area contributed by atoms with Gasteiger partial charge in [0.2, 0.25) is 5.91 Å². The minimum absolute atomic E-state index is 0.00245. The lowest BCUT2D eigenvalue weighted by molar-refractivity contribution is -0.132. The Morgan fingerprint density at radius 2 is 2.00 bits per heavy atom. The number of nitrogens with one attached hydrogen (secondary N) is 1. The number of hydrogen-bond acceptors (Lipinski definition) is 4. The number of rotatable bonds is 4. The Balaban J connectivity index is 2.11. The summed E-state index contributed by atoms with van der Waals surface area (Å²) < 4.78 is 22.5. The van der Waals surface area contributed by atoms with Crippen LogP contribution >= 0.6 is 0 Å². The van der Waals surface area contributed by atoms with Gasteiger partial charge in [0.1, 0.15) is 9.84 Å². The number of amides is 1. The molecule has 1 atom stereocenters. The van der Waals surface area contributed by atoms with Gasteiger partial charge in [-0.25, -0.2) is 8.42 Å². The first-order chi connectivity index (χ1) is 8.38. The zero-order valence-corrected chi connectivity index (χ0v) is 11.9.